The fraction of sp³-hybridized carbons (Fsp3) is 0.368. The van der Waals surface area contributed by atoms with E-state index in [1.165, 1.54) is 5.56 Å². The second kappa shape index (κ2) is 8.62. The van der Waals surface area contributed by atoms with E-state index in [1.807, 2.05) is 6.07 Å². The number of anilines is 2. The summed E-state index contributed by atoms with van der Waals surface area (Å²) in [5.74, 6) is -0.895. The molecule has 1 aliphatic heterocycles. The molecule has 29 heavy (non-hydrogen) atoms. The third-order valence-corrected chi connectivity index (χ3v) is 5.28. The number of aliphatic imine (C=N–C) groups is 1. The Hall–Kier alpha value is -2.91. The molecule has 1 amide bonds. The number of nitrogen functional groups attached to an aromatic ring is 2. The van der Waals surface area contributed by atoms with Gasteiger partial charge in [0.25, 0.3) is 0 Å². The molecule has 9 nitrogen and oxygen atoms in total. The molecule has 2 aromatic rings. The van der Waals surface area contributed by atoms with Crippen molar-refractivity contribution in [3.8, 4) is 0 Å². The van der Waals surface area contributed by atoms with Crippen LogP contribution in [0.25, 0.3) is 0 Å². The van der Waals surface area contributed by atoms with Gasteiger partial charge in [-0.05, 0) is 12.8 Å². The Kier molecular flexibility index (Phi) is 6.19. The molecule has 1 fully saturated rings. The summed E-state index contributed by atoms with van der Waals surface area (Å²) in [6, 6.07) is 10.5. The van der Waals surface area contributed by atoms with Gasteiger partial charge in [-0.25, -0.2) is 9.97 Å². The van der Waals surface area contributed by atoms with Gasteiger partial charge in [0.15, 0.2) is 28.4 Å². The molecule has 0 bridgehead atoms. The first-order chi connectivity index (χ1) is 13.8. The maximum atomic E-state index is 12.4. The number of rotatable bonds is 4. The largest absolute Gasteiger partial charge is 0.382 e. The first-order valence-electron chi connectivity index (χ1n) is 9.37. The average Bonchev–Trinajstić information content (AvgIpc) is 2.65. The normalized spacial score (nSPS) is 22.3. The predicted octanol–water partition coefficient (Wildman–Crippen LogP) is 1.15. The number of nitrogens with one attached hydrogen (secondary N) is 1. The van der Waals surface area contributed by atoms with E-state index >= 15 is 0 Å². The number of likely N-dealkylation sites (tertiary alicyclic amines) is 1. The van der Waals surface area contributed by atoms with Crippen molar-refractivity contribution < 1.29 is 9.28 Å². The lowest BCUT2D eigenvalue weighted by Crippen LogP contribution is -2.57. The molecule has 2 atom stereocenters. The van der Waals surface area contributed by atoms with Gasteiger partial charge in [0.1, 0.15) is 6.54 Å². The fourth-order valence-electron chi connectivity index (χ4n) is 3.72. The minimum Gasteiger partial charge on any atom is -0.382 e. The highest BCUT2D eigenvalue weighted by Gasteiger charge is 2.31. The number of halogens is 1. The molecule has 154 valence electrons. The summed E-state index contributed by atoms with van der Waals surface area (Å²) in [5.41, 5.74) is 18.3. The van der Waals surface area contributed by atoms with Gasteiger partial charge in [0.05, 0.1) is 26.2 Å². The van der Waals surface area contributed by atoms with Crippen LogP contribution in [0.2, 0.25) is 5.15 Å². The molecule has 1 aromatic carbocycles. The van der Waals surface area contributed by atoms with Gasteiger partial charge < -0.3 is 27.0 Å². The van der Waals surface area contributed by atoms with E-state index in [0.717, 1.165) is 37.0 Å². The van der Waals surface area contributed by atoms with Crippen molar-refractivity contribution in [1.29, 1.82) is 0 Å². The Balaban J connectivity index is 1.66. The van der Waals surface area contributed by atoms with Crippen molar-refractivity contribution in [2.75, 3.05) is 31.6 Å². The summed E-state index contributed by atoms with van der Waals surface area (Å²) in [6.07, 6.45) is 2.00. The van der Waals surface area contributed by atoms with Crippen molar-refractivity contribution in [1.82, 2.24) is 15.3 Å². The maximum absolute atomic E-state index is 12.4. The van der Waals surface area contributed by atoms with E-state index in [-0.39, 0.29) is 34.5 Å². The van der Waals surface area contributed by atoms with E-state index < -0.39 is 5.91 Å². The van der Waals surface area contributed by atoms with E-state index in [1.54, 1.807) is 0 Å². The number of quaternary nitrogens is 1. The van der Waals surface area contributed by atoms with E-state index in [4.69, 9.17) is 28.8 Å². The third-order valence-electron chi connectivity index (χ3n) is 5.00. The molecule has 1 saturated heterocycles. The molecule has 0 radical (unpaired) electrons. The molecule has 1 aromatic heterocycles. The summed E-state index contributed by atoms with van der Waals surface area (Å²) in [7, 11) is 2.23. The SMILES string of the molecule is C[N+]1(Cc2ccccc2)CCC[C@H](N/C(N)=N/C(=O)c2nc(Cl)c(N)nc2N)C1. The number of hydrogen-bond acceptors (Lipinski definition) is 5. The fourth-order valence-corrected chi connectivity index (χ4v) is 3.85. The van der Waals surface area contributed by atoms with Gasteiger partial charge >= 0.3 is 5.91 Å². The highest BCUT2D eigenvalue weighted by molar-refractivity contribution is 6.31. The first-order valence-corrected chi connectivity index (χ1v) is 9.74. The smallest absolute Gasteiger partial charge is 0.302 e. The molecule has 1 unspecified atom stereocenters. The van der Waals surface area contributed by atoms with Crippen molar-refractivity contribution in [2.45, 2.75) is 25.4 Å². The monoisotopic (exact) mass is 417 g/mol. The highest BCUT2D eigenvalue weighted by Crippen LogP contribution is 2.21. The zero-order valence-electron chi connectivity index (χ0n) is 16.3. The van der Waals surface area contributed by atoms with Gasteiger partial charge in [-0.1, -0.05) is 41.9 Å². The number of piperidine rings is 1. The Labute approximate surface area is 174 Å². The van der Waals surface area contributed by atoms with Crippen molar-refractivity contribution >= 4 is 35.1 Å². The number of likely N-dealkylation sites (N-methyl/N-ethyl adjacent to an activating group) is 1. The van der Waals surface area contributed by atoms with E-state index in [0.29, 0.717) is 0 Å². The number of benzene rings is 1. The molecular weight excluding hydrogens is 392 g/mol. The first kappa shape index (κ1) is 20.8. The van der Waals surface area contributed by atoms with Crippen molar-refractivity contribution in [3.05, 3.63) is 46.7 Å². The second-order valence-electron chi connectivity index (χ2n) is 7.59. The summed E-state index contributed by atoms with van der Waals surface area (Å²) in [6.45, 7) is 2.89. The lowest BCUT2D eigenvalue weighted by molar-refractivity contribution is -0.927. The summed E-state index contributed by atoms with van der Waals surface area (Å²) in [5, 5.41) is 3.04. The Morgan fingerprint density at radius 1 is 1.28 bits per heavy atom. The van der Waals surface area contributed by atoms with Crippen LogP contribution < -0.4 is 22.5 Å². The van der Waals surface area contributed by atoms with Gasteiger partial charge in [-0.15, -0.1) is 0 Å². The molecule has 10 heteroatoms. The Morgan fingerprint density at radius 2 is 2.00 bits per heavy atom. The van der Waals surface area contributed by atoms with E-state index in [9.17, 15) is 4.79 Å². The molecule has 0 spiro atoms. The predicted molar refractivity (Wildman–Crippen MR) is 114 cm³/mol. The molecule has 1 aliphatic rings. The number of aromatic nitrogens is 2. The molecule has 3 rings (SSSR count). The van der Waals surface area contributed by atoms with Gasteiger partial charge in [-0.3, -0.25) is 4.79 Å². The number of nitrogens with zero attached hydrogens (tertiary/aromatic N) is 4. The van der Waals surface area contributed by atoms with Crippen molar-refractivity contribution in [3.63, 3.8) is 0 Å². The molecule has 0 saturated carbocycles. The molecule has 0 aliphatic carbocycles. The molecular formula is C19H26ClN8O+. The lowest BCUT2D eigenvalue weighted by Gasteiger charge is -2.41. The van der Waals surface area contributed by atoms with Crippen LogP contribution in [0.1, 0.15) is 28.9 Å². The number of carbonyl (C=O) groups is 1. The number of carbonyl (C=O) groups excluding carboxylic acids is 1. The zero-order chi connectivity index (χ0) is 21.0. The minimum atomic E-state index is -0.723. The quantitative estimate of drug-likeness (QED) is 0.331. The maximum Gasteiger partial charge on any atom is 0.302 e. The summed E-state index contributed by atoms with van der Waals surface area (Å²) in [4.78, 5) is 23.9. The second-order valence-corrected chi connectivity index (χ2v) is 7.95. The standard InChI is InChI=1S/C19H25ClN8O/c1-28(10-12-6-3-2-4-7-12)9-5-8-13(11-28)24-19(23)27-18(29)14-16(21)26-17(22)15(20)25-14/h2-4,6-7,13H,5,8-11H2,1H3,(H6-,21,22,23,24,26,27,29)/p+1/t13-,28?/m0/s1. The number of nitrogens with two attached hydrogens (primary N) is 3. The van der Waals surface area contributed by atoms with Crippen LogP contribution in [0.5, 0.6) is 0 Å². The van der Waals surface area contributed by atoms with Crippen LogP contribution >= 0.6 is 11.6 Å². The van der Waals surface area contributed by atoms with Crippen LogP contribution in [-0.2, 0) is 6.54 Å². The van der Waals surface area contributed by atoms with Gasteiger partial charge in [0, 0.05) is 5.56 Å². The van der Waals surface area contributed by atoms with Crippen LogP contribution in [0, 0.1) is 0 Å². The average molecular weight is 418 g/mol. The van der Waals surface area contributed by atoms with E-state index in [2.05, 4.69) is 51.6 Å². The Morgan fingerprint density at radius 3 is 2.72 bits per heavy atom. The molecule has 2 heterocycles. The third kappa shape index (κ3) is 5.33. The summed E-state index contributed by atoms with van der Waals surface area (Å²) < 4.78 is 0.884. The Bertz CT molecular complexity index is 920. The van der Waals surface area contributed by atoms with Crippen LogP contribution in [-0.4, -0.2) is 52.5 Å². The zero-order valence-corrected chi connectivity index (χ0v) is 17.1. The van der Waals surface area contributed by atoms with Crippen molar-refractivity contribution in [2.24, 2.45) is 10.7 Å². The van der Waals surface area contributed by atoms with Gasteiger partial charge in [-0.2, -0.15) is 4.99 Å². The number of hydrogen-bond donors (Lipinski definition) is 4. The van der Waals surface area contributed by atoms with Gasteiger partial charge in [0.2, 0.25) is 0 Å². The van der Waals surface area contributed by atoms with Crippen LogP contribution in [0.4, 0.5) is 11.6 Å². The van der Waals surface area contributed by atoms with Crippen LogP contribution in [0.15, 0.2) is 35.3 Å². The highest BCUT2D eigenvalue weighted by atomic mass is 35.5. The van der Waals surface area contributed by atoms with Crippen LogP contribution in [0.3, 0.4) is 0 Å². The number of guanidine groups is 1. The summed E-state index contributed by atoms with van der Waals surface area (Å²) >= 11 is 5.82. The lowest BCUT2D eigenvalue weighted by atomic mass is 10.0. The topological polar surface area (TPSA) is 145 Å². The number of amides is 1. The molecule has 7 N–H and O–H groups in total. The minimum absolute atomic E-state index is 0.0160.